The van der Waals surface area contributed by atoms with Gasteiger partial charge in [0.2, 0.25) is 5.91 Å². The van der Waals surface area contributed by atoms with Crippen LogP contribution in [0.1, 0.15) is 20.8 Å². The lowest BCUT2D eigenvalue weighted by Crippen LogP contribution is -2.29. The third-order valence-electron chi connectivity index (χ3n) is 3.49. The van der Waals surface area contributed by atoms with Crippen LogP contribution < -0.4 is 16.1 Å². The predicted octanol–water partition coefficient (Wildman–Crippen LogP) is 3.46. The third kappa shape index (κ3) is 3.72. The number of amides is 1. The summed E-state index contributed by atoms with van der Waals surface area (Å²) in [5, 5.41) is 4.08. The Kier molecular flexibility index (Phi) is 4.67. The van der Waals surface area contributed by atoms with E-state index in [2.05, 4.69) is 35.8 Å². The van der Waals surface area contributed by atoms with Gasteiger partial charge in [-0.05, 0) is 31.5 Å². The number of carbonyl (C=O) groups is 1. The number of rotatable bonds is 3. The number of aromatic nitrogens is 1. The lowest BCUT2D eigenvalue weighted by atomic mass is 9.96. The van der Waals surface area contributed by atoms with E-state index in [0.29, 0.717) is 5.82 Å². The van der Waals surface area contributed by atoms with Crippen LogP contribution in [0.3, 0.4) is 0 Å². The molecule has 1 amide bonds. The summed E-state index contributed by atoms with van der Waals surface area (Å²) in [5.74, 6) is 0.546. The van der Waals surface area contributed by atoms with E-state index in [1.54, 1.807) is 0 Å². The van der Waals surface area contributed by atoms with Crippen molar-refractivity contribution >= 4 is 29.7 Å². The number of nitrogens with zero attached hydrogens (tertiary/aromatic N) is 1. The van der Waals surface area contributed by atoms with E-state index in [9.17, 15) is 4.79 Å². The summed E-state index contributed by atoms with van der Waals surface area (Å²) in [4.78, 5) is 16.7. The highest BCUT2D eigenvalue weighted by molar-refractivity contribution is 7.89. The van der Waals surface area contributed by atoms with E-state index in [1.165, 1.54) is 5.30 Å². The predicted molar refractivity (Wildman–Crippen MR) is 96.2 cm³/mol. The Labute approximate surface area is 133 Å². The van der Waals surface area contributed by atoms with Crippen molar-refractivity contribution in [1.29, 1.82) is 0 Å². The molecule has 0 spiro atoms. The van der Waals surface area contributed by atoms with Crippen LogP contribution in [0.15, 0.2) is 48.5 Å². The number of hydrogen-bond acceptors (Lipinski definition) is 2. The van der Waals surface area contributed by atoms with Crippen LogP contribution in [0.4, 0.5) is 5.82 Å². The van der Waals surface area contributed by atoms with Crippen molar-refractivity contribution in [2.75, 3.05) is 12.0 Å². The Morgan fingerprint density at radius 3 is 2.32 bits per heavy atom. The maximum Gasteiger partial charge on any atom is 0.230 e. The number of anilines is 1. The second-order valence-electron chi connectivity index (χ2n) is 6.61. The summed E-state index contributed by atoms with van der Waals surface area (Å²) >= 11 is 0. The second-order valence-corrected chi connectivity index (χ2v) is 9.97. The Morgan fingerprint density at radius 1 is 1.09 bits per heavy atom. The zero-order valence-electron chi connectivity index (χ0n) is 13.6. The van der Waals surface area contributed by atoms with Crippen molar-refractivity contribution in [2.45, 2.75) is 20.8 Å². The van der Waals surface area contributed by atoms with Crippen LogP contribution in [0.25, 0.3) is 0 Å². The van der Waals surface area contributed by atoms with Gasteiger partial charge in [-0.3, -0.25) is 4.79 Å². The van der Waals surface area contributed by atoms with Gasteiger partial charge in [-0.15, -0.1) is 0 Å². The van der Waals surface area contributed by atoms with Crippen LogP contribution >= 0.6 is 7.26 Å². The fourth-order valence-electron chi connectivity index (χ4n) is 1.96. The smallest absolute Gasteiger partial charge is 0.230 e. The first kappa shape index (κ1) is 16.6. The van der Waals surface area contributed by atoms with Crippen LogP contribution in [0.2, 0.25) is 0 Å². The first-order chi connectivity index (χ1) is 10.2. The molecule has 1 heterocycles. The van der Waals surface area contributed by atoms with Gasteiger partial charge in [0.1, 0.15) is 5.82 Å². The fraction of sp³-hybridized carbons (Fsp3) is 0.278. The molecule has 0 saturated heterocycles. The highest BCUT2D eigenvalue weighted by Crippen LogP contribution is 2.50. The molecule has 0 aliphatic carbocycles. The topological polar surface area (TPSA) is 42.0 Å². The normalized spacial score (nSPS) is 14.2. The first-order valence-electron chi connectivity index (χ1n) is 7.27. The molecular formula is C18H23N2OP. The van der Waals surface area contributed by atoms with E-state index in [1.807, 2.05) is 57.2 Å². The van der Waals surface area contributed by atoms with E-state index in [-0.39, 0.29) is 5.91 Å². The van der Waals surface area contributed by atoms with E-state index in [0.717, 1.165) is 5.44 Å². The standard InChI is InChI=1S/C18H23N2OP/c1-18(2,3)17(21)20-15-12-9-13-16(19-15)22(4,5)14-10-7-6-8-11-14/h6-13H,4H2,1-3,5H3,(H,19,20,21). The second kappa shape index (κ2) is 6.18. The molecule has 1 unspecified atom stereocenters. The van der Waals surface area contributed by atoms with Gasteiger partial charge in [0.15, 0.2) is 5.44 Å². The monoisotopic (exact) mass is 314 g/mol. The van der Waals surface area contributed by atoms with E-state index in [4.69, 9.17) is 0 Å². The molecule has 1 aromatic heterocycles. The van der Waals surface area contributed by atoms with Crippen molar-refractivity contribution in [3.8, 4) is 0 Å². The van der Waals surface area contributed by atoms with Gasteiger partial charge in [0.25, 0.3) is 0 Å². The number of hydrogen-bond donors (Lipinski definition) is 1. The summed E-state index contributed by atoms with van der Waals surface area (Å²) < 4.78 is 0. The number of pyridine rings is 1. The molecular weight excluding hydrogens is 291 g/mol. The van der Waals surface area contributed by atoms with Gasteiger partial charge in [0.05, 0.1) is 5.30 Å². The first-order valence-corrected chi connectivity index (χ1v) is 9.69. The van der Waals surface area contributed by atoms with Gasteiger partial charge < -0.3 is 5.32 Å². The van der Waals surface area contributed by atoms with Gasteiger partial charge >= 0.3 is 0 Å². The van der Waals surface area contributed by atoms with Crippen molar-refractivity contribution < 1.29 is 4.79 Å². The van der Waals surface area contributed by atoms with Gasteiger partial charge in [-0.25, -0.2) is 0 Å². The summed E-state index contributed by atoms with van der Waals surface area (Å²) in [6.07, 6.45) is 0. The average Bonchev–Trinajstić information content (AvgIpc) is 2.47. The zero-order valence-corrected chi connectivity index (χ0v) is 14.5. The van der Waals surface area contributed by atoms with Crippen LogP contribution in [-0.4, -0.2) is 17.6 Å². The number of carbonyl (C=O) groups excluding carboxylic acids is 1. The maximum atomic E-state index is 12.1. The summed E-state index contributed by atoms with van der Waals surface area (Å²) in [7, 11) is -1.77. The summed E-state index contributed by atoms with van der Waals surface area (Å²) in [6, 6.07) is 15.9. The minimum atomic E-state index is -1.77. The van der Waals surface area contributed by atoms with Crippen molar-refractivity contribution in [3.63, 3.8) is 0 Å². The molecule has 0 radical (unpaired) electrons. The molecule has 4 heteroatoms. The molecule has 1 atom stereocenters. The van der Waals surface area contributed by atoms with E-state index < -0.39 is 12.7 Å². The summed E-state index contributed by atoms with van der Waals surface area (Å²) in [6.45, 7) is 12.2. The molecule has 0 fully saturated rings. The van der Waals surface area contributed by atoms with E-state index >= 15 is 0 Å². The Hall–Kier alpha value is -1.73. The maximum absolute atomic E-state index is 12.1. The van der Waals surface area contributed by atoms with Crippen molar-refractivity contribution in [3.05, 3.63) is 55.2 Å². The van der Waals surface area contributed by atoms with Crippen LogP contribution in [0.5, 0.6) is 0 Å². The molecule has 0 saturated carbocycles. The highest BCUT2D eigenvalue weighted by atomic mass is 31.2. The highest BCUT2D eigenvalue weighted by Gasteiger charge is 2.27. The number of nitrogens with one attached hydrogen (secondary N) is 1. The SMILES string of the molecule is [CH2-][P+](C)(c1ccccc1)c1cccc(NC(=O)C(C)(C)C)n1. The Morgan fingerprint density at radius 2 is 1.73 bits per heavy atom. The molecule has 2 aromatic rings. The van der Waals surface area contributed by atoms with Crippen molar-refractivity contribution in [1.82, 2.24) is 4.98 Å². The van der Waals surface area contributed by atoms with Gasteiger partial charge in [-0.1, -0.05) is 45.0 Å². The number of benzene rings is 1. The van der Waals surface area contributed by atoms with Gasteiger partial charge in [0, 0.05) is 12.1 Å². The quantitative estimate of drug-likeness (QED) is 0.696. The molecule has 1 N–H and O–H groups in total. The molecule has 0 aliphatic heterocycles. The molecule has 22 heavy (non-hydrogen) atoms. The third-order valence-corrected chi connectivity index (χ3v) is 6.19. The Balaban J connectivity index is 2.31. The minimum Gasteiger partial charge on any atom is -0.310 e. The minimum absolute atomic E-state index is 0.0408. The lowest BCUT2D eigenvalue weighted by molar-refractivity contribution is -0.123. The van der Waals surface area contributed by atoms with Crippen molar-refractivity contribution in [2.24, 2.45) is 5.41 Å². The molecule has 1 aromatic carbocycles. The fourth-order valence-corrected chi connectivity index (χ4v) is 3.80. The molecule has 0 bridgehead atoms. The molecule has 3 nitrogen and oxygen atoms in total. The molecule has 2 rings (SSSR count). The average molecular weight is 314 g/mol. The summed E-state index contributed by atoms with van der Waals surface area (Å²) in [5.41, 5.74) is 0.491. The molecule has 116 valence electrons. The van der Waals surface area contributed by atoms with Crippen LogP contribution in [-0.2, 0) is 4.79 Å². The zero-order chi connectivity index (χ0) is 16.4. The lowest BCUT2D eigenvalue weighted by Gasteiger charge is -2.24. The van der Waals surface area contributed by atoms with Gasteiger partial charge in [-0.2, -0.15) is 11.6 Å². The molecule has 0 aliphatic rings. The largest absolute Gasteiger partial charge is 0.310 e. The Bertz CT molecular complexity index is 660. The van der Waals surface area contributed by atoms with Crippen LogP contribution in [0, 0.1) is 12.1 Å².